The standard InChI is InChI=1S/C63H46N4Si2/c1-8-26-47(27-9-1)61-64-62(66-63(65-61)67-59-42-24-22-40-57(59)58-41-23-25-43-60(58)67)48-44-55(68(49-28-10-2-11-29-49,50-30-12-3-13-31-50)51-32-14-4-15-33-51)46-56(45-48)69(52-34-16-5-17-35-52,53-36-18-6-19-37-53)54-38-20-7-21-39-54/h1-46H. The summed E-state index contributed by atoms with van der Waals surface area (Å²) in [6, 6.07) is 102. The molecule has 0 aliphatic carbocycles. The third-order valence-corrected chi connectivity index (χ3v) is 23.2. The van der Waals surface area contributed by atoms with Crippen molar-refractivity contribution in [2.45, 2.75) is 0 Å². The molecule has 0 radical (unpaired) electrons. The lowest BCUT2D eigenvalue weighted by atomic mass is 10.2. The van der Waals surface area contributed by atoms with Gasteiger partial charge in [0.15, 0.2) is 27.8 Å². The molecule has 0 N–H and O–H groups in total. The van der Waals surface area contributed by atoms with Crippen molar-refractivity contribution < 1.29 is 0 Å². The van der Waals surface area contributed by atoms with Crippen LogP contribution in [0.2, 0.25) is 0 Å². The fourth-order valence-corrected chi connectivity index (χ4v) is 20.6. The zero-order chi connectivity index (χ0) is 46.0. The van der Waals surface area contributed by atoms with Crippen LogP contribution in [0.5, 0.6) is 0 Å². The van der Waals surface area contributed by atoms with Gasteiger partial charge in [-0.3, -0.25) is 4.57 Å². The summed E-state index contributed by atoms with van der Waals surface area (Å²) in [6.07, 6.45) is 0. The van der Waals surface area contributed by atoms with Crippen LogP contribution in [0.1, 0.15) is 0 Å². The minimum atomic E-state index is -3.15. The zero-order valence-corrected chi connectivity index (χ0v) is 39.8. The Morgan fingerprint density at radius 3 is 0.884 bits per heavy atom. The topological polar surface area (TPSA) is 43.6 Å². The zero-order valence-electron chi connectivity index (χ0n) is 37.8. The van der Waals surface area contributed by atoms with Crippen molar-refractivity contribution in [3.05, 3.63) is 279 Å². The maximum absolute atomic E-state index is 5.63. The van der Waals surface area contributed by atoms with Crippen molar-refractivity contribution in [2.75, 3.05) is 0 Å². The molecule has 0 saturated heterocycles. The highest BCUT2D eigenvalue weighted by molar-refractivity contribution is 7.22. The van der Waals surface area contributed by atoms with E-state index < -0.39 is 16.1 Å². The molecule has 0 saturated carbocycles. The lowest BCUT2D eigenvalue weighted by Gasteiger charge is -2.38. The van der Waals surface area contributed by atoms with Crippen molar-refractivity contribution >= 4 is 79.4 Å². The molecule has 0 fully saturated rings. The summed E-state index contributed by atoms with van der Waals surface area (Å²) < 4.78 is 2.21. The van der Waals surface area contributed by atoms with Crippen molar-refractivity contribution in [3.63, 3.8) is 0 Å². The quantitative estimate of drug-likeness (QED) is 0.0962. The summed E-state index contributed by atoms with van der Waals surface area (Å²) in [7, 11) is -6.30. The van der Waals surface area contributed by atoms with E-state index in [1.165, 1.54) is 41.5 Å². The number of para-hydroxylation sites is 2. The van der Waals surface area contributed by atoms with Gasteiger partial charge in [0.1, 0.15) is 0 Å². The lowest BCUT2D eigenvalue weighted by molar-refractivity contribution is 0.953. The predicted molar refractivity (Wildman–Crippen MR) is 292 cm³/mol. The Labute approximate surface area is 404 Å². The molecule has 2 heterocycles. The van der Waals surface area contributed by atoms with Gasteiger partial charge in [-0.05, 0) is 53.6 Å². The van der Waals surface area contributed by atoms with Crippen LogP contribution >= 0.6 is 0 Å². The SMILES string of the molecule is c1ccc(-c2nc(-c3cc([Si](c4ccccc4)(c4ccccc4)c4ccccc4)cc([Si](c4ccccc4)(c4ccccc4)c4ccccc4)c3)nc(-n3c4ccccc4c4ccccc43)n2)cc1. The van der Waals surface area contributed by atoms with Crippen LogP contribution in [-0.4, -0.2) is 35.7 Å². The first-order chi connectivity index (χ1) is 34.2. The first-order valence-electron chi connectivity index (χ1n) is 23.5. The van der Waals surface area contributed by atoms with Gasteiger partial charge in [0, 0.05) is 21.9 Å². The molecule has 0 amide bonds. The molecule has 326 valence electrons. The molecule has 10 aromatic carbocycles. The maximum atomic E-state index is 5.63. The second-order valence-corrected chi connectivity index (χ2v) is 25.1. The summed E-state index contributed by atoms with van der Waals surface area (Å²) in [5, 5.41) is 12.6. The van der Waals surface area contributed by atoms with Gasteiger partial charge in [-0.15, -0.1) is 0 Å². The van der Waals surface area contributed by atoms with Crippen molar-refractivity contribution in [2.24, 2.45) is 0 Å². The van der Waals surface area contributed by atoms with E-state index in [4.69, 9.17) is 15.0 Å². The van der Waals surface area contributed by atoms with Gasteiger partial charge < -0.3 is 0 Å². The molecule has 0 aliphatic heterocycles. The number of nitrogens with zero attached hydrogens (tertiary/aromatic N) is 4. The second-order valence-electron chi connectivity index (χ2n) is 17.5. The van der Waals surface area contributed by atoms with Crippen LogP contribution in [0, 0.1) is 0 Å². The first-order valence-corrected chi connectivity index (χ1v) is 27.5. The molecule has 6 heteroatoms. The van der Waals surface area contributed by atoms with Crippen molar-refractivity contribution in [1.29, 1.82) is 0 Å². The van der Waals surface area contributed by atoms with E-state index in [9.17, 15) is 0 Å². The molecule has 0 atom stereocenters. The maximum Gasteiger partial charge on any atom is 0.238 e. The van der Waals surface area contributed by atoms with Gasteiger partial charge in [0.25, 0.3) is 0 Å². The van der Waals surface area contributed by atoms with E-state index in [0.29, 0.717) is 17.6 Å². The molecule has 2 aromatic heterocycles. The van der Waals surface area contributed by atoms with Crippen LogP contribution < -0.4 is 41.5 Å². The number of aromatic nitrogens is 4. The van der Waals surface area contributed by atoms with Gasteiger partial charge in [-0.25, -0.2) is 4.98 Å². The molecule has 0 unspecified atom stereocenters. The van der Waals surface area contributed by atoms with E-state index in [-0.39, 0.29) is 0 Å². The fourth-order valence-electron chi connectivity index (χ4n) is 10.8. The first kappa shape index (κ1) is 41.8. The van der Waals surface area contributed by atoms with E-state index in [0.717, 1.165) is 32.9 Å². The van der Waals surface area contributed by atoms with Gasteiger partial charge >= 0.3 is 0 Å². The van der Waals surface area contributed by atoms with E-state index >= 15 is 0 Å². The normalized spacial score (nSPS) is 11.8. The van der Waals surface area contributed by atoms with Gasteiger partial charge in [-0.2, -0.15) is 9.97 Å². The molecule has 12 aromatic rings. The van der Waals surface area contributed by atoms with Gasteiger partial charge in [-0.1, -0.05) is 267 Å². The van der Waals surface area contributed by atoms with Crippen molar-refractivity contribution in [3.8, 4) is 28.7 Å². The average Bonchev–Trinajstić information content (AvgIpc) is 3.78. The van der Waals surface area contributed by atoms with Crippen molar-refractivity contribution in [1.82, 2.24) is 19.5 Å². The Kier molecular flexibility index (Phi) is 10.9. The van der Waals surface area contributed by atoms with Crippen LogP contribution in [0.25, 0.3) is 50.5 Å². The largest absolute Gasteiger partial charge is 0.278 e. The molecule has 0 bridgehead atoms. The van der Waals surface area contributed by atoms with Gasteiger partial charge in [0.05, 0.1) is 11.0 Å². The molecule has 0 spiro atoms. The third kappa shape index (κ3) is 7.17. The fraction of sp³-hybridized carbons (Fsp3) is 0. The average molecular weight is 915 g/mol. The number of hydrogen-bond donors (Lipinski definition) is 0. The lowest BCUT2D eigenvalue weighted by Crippen LogP contribution is -2.78. The summed E-state index contributed by atoms with van der Waals surface area (Å²) in [5.41, 5.74) is 3.93. The minimum absolute atomic E-state index is 0.568. The Morgan fingerprint density at radius 1 is 0.246 bits per heavy atom. The molecule has 4 nitrogen and oxygen atoms in total. The molecule has 69 heavy (non-hydrogen) atoms. The molecule has 0 aliphatic rings. The summed E-state index contributed by atoms with van der Waals surface area (Å²) >= 11 is 0. The van der Waals surface area contributed by atoms with E-state index in [1.807, 2.05) is 6.07 Å². The Hall–Kier alpha value is -8.56. The summed E-state index contributed by atoms with van der Waals surface area (Å²) in [6.45, 7) is 0. The number of benzene rings is 10. The highest BCUT2D eigenvalue weighted by atomic mass is 28.3. The van der Waals surface area contributed by atoms with Crippen LogP contribution in [0.3, 0.4) is 0 Å². The van der Waals surface area contributed by atoms with Crippen LogP contribution in [0.15, 0.2) is 279 Å². The Morgan fingerprint density at radius 2 is 0.536 bits per heavy atom. The Bertz CT molecular complexity index is 3310. The predicted octanol–water partition coefficient (Wildman–Crippen LogP) is 9.06. The number of fused-ring (bicyclic) bond motifs is 3. The highest BCUT2D eigenvalue weighted by Crippen LogP contribution is 2.32. The molecular formula is C63H46N4Si2. The van der Waals surface area contributed by atoms with E-state index in [2.05, 4.69) is 278 Å². The molecule has 12 rings (SSSR count). The minimum Gasteiger partial charge on any atom is -0.278 e. The highest BCUT2D eigenvalue weighted by Gasteiger charge is 2.46. The monoisotopic (exact) mass is 914 g/mol. The van der Waals surface area contributed by atoms with Crippen LogP contribution in [-0.2, 0) is 0 Å². The summed E-state index contributed by atoms with van der Waals surface area (Å²) in [4.78, 5) is 16.5. The summed E-state index contributed by atoms with van der Waals surface area (Å²) in [5.74, 6) is 1.79. The van der Waals surface area contributed by atoms with E-state index in [1.54, 1.807) is 0 Å². The smallest absolute Gasteiger partial charge is 0.238 e. The van der Waals surface area contributed by atoms with Crippen LogP contribution in [0.4, 0.5) is 0 Å². The molecular weight excluding hydrogens is 869 g/mol. The second kappa shape index (κ2) is 17.9. The number of rotatable bonds is 11. The van der Waals surface area contributed by atoms with Gasteiger partial charge in [0.2, 0.25) is 5.95 Å². The third-order valence-electron chi connectivity index (χ3n) is 13.7. The number of hydrogen-bond acceptors (Lipinski definition) is 3. The Balaban J connectivity index is 1.26.